The summed E-state index contributed by atoms with van der Waals surface area (Å²) in [5.74, 6) is -2.54. The van der Waals surface area contributed by atoms with Gasteiger partial charge in [-0.2, -0.15) is 13.2 Å². The van der Waals surface area contributed by atoms with E-state index in [0.29, 0.717) is 12.5 Å². The molecule has 2 fully saturated rings. The van der Waals surface area contributed by atoms with Gasteiger partial charge < -0.3 is 15.0 Å². The zero-order valence-corrected chi connectivity index (χ0v) is 15.2. The Morgan fingerprint density at radius 3 is 2.62 bits per heavy atom. The fourth-order valence-electron chi connectivity index (χ4n) is 3.64. The third-order valence-electron chi connectivity index (χ3n) is 5.04. The molecule has 0 bridgehead atoms. The number of benzene rings is 1. The molecule has 29 heavy (non-hydrogen) atoms. The average Bonchev–Trinajstić information content (AvgIpc) is 3.31. The minimum absolute atomic E-state index is 0.00725. The number of hydrogen-bond acceptors (Lipinski definition) is 4. The summed E-state index contributed by atoms with van der Waals surface area (Å²) in [7, 11) is 0. The van der Waals surface area contributed by atoms with Crippen molar-refractivity contribution in [1.82, 2.24) is 10.2 Å². The van der Waals surface area contributed by atoms with E-state index in [9.17, 15) is 35.9 Å². The van der Waals surface area contributed by atoms with Crippen LogP contribution in [0.15, 0.2) is 12.1 Å². The minimum atomic E-state index is -5.00. The Morgan fingerprint density at radius 2 is 2.03 bits per heavy atom. The van der Waals surface area contributed by atoms with Crippen LogP contribution in [-0.2, 0) is 10.9 Å². The van der Waals surface area contributed by atoms with Gasteiger partial charge in [-0.05, 0) is 12.5 Å². The van der Waals surface area contributed by atoms with Gasteiger partial charge in [-0.1, -0.05) is 6.07 Å². The molecule has 2 aromatic rings. The first-order chi connectivity index (χ1) is 13.5. The number of nitrogens with zero attached hydrogens (tertiary/aromatic N) is 1. The van der Waals surface area contributed by atoms with E-state index < -0.39 is 62.0 Å². The molecular weight excluding hydrogens is 426 g/mol. The molecule has 12 heteroatoms. The molecule has 2 aliphatic heterocycles. The summed E-state index contributed by atoms with van der Waals surface area (Å²) in [5.41, 5.74) is -3.21. The monoisotopic (exact) mass is 438 g/mol. The summed E-state index contributed by atoms with van der Waals surface area (Å²) >= 11 is 0.271. The Labute approximate surface area is 163 Å². The molecule has 1 unspecified atom stereocenters. The molecule has 2 saturated heterocycles. The molecule has 1 aromatic carbocycles. The van der Waals surface area contributed by atoms with Crippen LogP contribution in [0, 0.1) is 5.82 Å². The molecule has 2 amide bonds. The van der Waals surface area contributed by atoms with Gasteiger partial charge in [-0.15, -0.1) is 11.3 Å². The van der Waals surface area contributed by atoms with E-state index in [1.807, 2.05) is 0 Å². The maximum absolute atomic E-state index is 14.4. The molecule has 0 saturated carbocycles. The van der Waals surface area contributed by atoms with Gasteiger partial charge in [0.05, 0.1) is 15.8 Å². The first-order valence-electron chi connectivity index (χ1n) is 8.37. The highest BCUT2D eigenvalue weighted by Crippen LogP contribution is 2.43. The van der Waals surface area contributed by atoms with Gasteiger partial charge in [-0.25, -0.2) is 18.0 Å². The van der Waals surface area contributed by atoms with Crippen molar-refractivity contribution in [2.75, 3.05) is 19.7 Å². The lowest BCUT2D eigenvalue weighted by atomic mass is 10.0. The Bertz CT molecular complexity index is 1020. The van der Waals surface area contributed by atoms with Gasteiger partial charge in [0.25, 0.3) is 12.3 Å². The van der Waals surface area contributed by atoms with Crippen LogP contribution < -0.4 is 5.32 Å². The molecule has 1 N–H and O–H groups in total. The van der Waals surface area contributed by atoms with Crippen molar-refractivity contribution in [3.05, 3.63) is 34.0 Å². The van der Waals surface area contributed by atoms with Crippen molar-refractivity contribution in [1.29, 1.82) is 0 Å². The van der Waals surface area contributed by atoms with Gasteiger partial charge >= 0.3 is 12.3 Å². The maximum Gasteiger partial charge on any atom is 0.419 e. The number of carbonyl (C=O) groups is 2. The maximum atomic E-state index is 14.4. The van der Waals surface area contributed by atoms with Crippen LogP contribution in [0.5, 0.6) is 0 Å². The molecule has 2 aliphatic rings. The highest BCUT2D eigenvalue weighted by Gasteiger charge is 2.47. The minimum Gasteiger partial charge on any atom is -0.447 e. The fraction of sp³-hybridized carbons (Fsp3) is 0.412. The van der Waals surface area contributed by atoms with E-state index in [1.165, 1.54) is 4.90 Å². The van der Waals surface area contributed by atoms with Crippen LogP contribution >= 0.6 is 11.3 Å². The van der Waals surface area contributed by atoms with Crippen molar-refractivity contribution >= 4 is 33.4 Å². The number of alkyl carbamates (subject to hydrolysis) is 1. The van der Waals surface area contributed by atoms with Crippen molar-refractivity contribution in [2.24, 2.45) is 0 Å². The molecular formula is C17H12F6N2O3S. The molecule has 0 radical (unpaired) electrons. The van der Waals surface area contributed by atoms with E-state index in [4.69, 9.17) is 4.74 Å². The van der Waals surface area contributed by atoms with Crippen molar-refractivity contribution in [3.63, 3.8) is 0 Å². The van der Waals surface area contributed by atoms with Gasteiger partial charge in [0, 0.05) is 24.0 Å². The van der Waals surface area contributed by atoms with Crippen LogP contribution in [0.25, 0.3) is 10.1 Å². The molecule has 156 valence electrons. The molecule has 4 rings (SSSR count). The van der Waals surface area contributed by atoms with Crippen molar-refractivity contribution in [2.45, 2.75) is 24.6 Å². The second-order valence-electron chi connectivity index (χ2n) is 6.91. The number of fused-ring (bicyclic) bond motifs is 1. The SMILES string of the molecule is O=C1NC2(CCN(C(=O)c3sc4c(F)c(C(F)(F)F)ccc4c3C(F)F)C2)CO1. The zero-order valence-electron chi connectivity index (χ0n) is 14.4. The number of cyclic esters (lactones) is 1. The summed E-state index contributed by atoms with van der Waals surface area (Å²) in [6.45, 7) is 0.119. The standard InChI is InChI=1S/C17H12F6N2O3S/c18-10-8(17(21,22)23)2-1-7-9(13(19)20)12(29-11(7)10)14(26)25-4-3-16(5-25)6-28-15(27)24-16/h1-2,13H,3-6H2,(H,24,27). The number of rotatable bonds is 2. The van der Waals surface area contributed by atoms with Crippen LogP contribution in [-0.4, -0.2) is 42.1 Å². The fourth-order valence-corrected chi connectivity index (χ4v) is 4.86. The Kier molecular flexibility index (Phi) is 4.44. The van der Waals surface area contributed by atoms with Crippen molar-refractivity contribution < 1.29 is 40.7 Å². The zero-order chi connectivity index (χ0) is 21.1. The second kappa shape index (κ2) is 6.51. The van der Waals surface area contributed by atoms with E-state index in [-0.39, 0.29) is 31.0 Å². The average molecular weight is 438 g/mol. The number of amides is 2. The van der Waals surface area contributed by atoms with Crippen LogP contribution in [0.1, 0.15) is 33.6 Å². The topological polar surface area (TPSA) is 58.6 Å². The lowest BCUT2D eigenvalue weighted by Crippen LogP contribution is -2.46. The number of ether oxygens (including phenoxy) is 1. The number of likely N-dealkylation sites (tertiary alicyclic amines) is 1. The highest BCUT2D eigenvalue weighted by atomic mass is 32.1. The molecule has 5 nitrogen and oxygen atoms in total. The normalized spacial score (nSPS) is 22.0. The lowest BCUT2D eigenvalue weighted by Gasteiger charge is -2.21. The summed E-state index contributed by atoms with van der Waals surface area (Å²) in [6.07, 6.45) is -8.52. The third-order valence-corrected chi connectivity index (χ3v) is 6.24. The van der Waals surface area contributed by atoms with Gasteiger partial charge in [0.2, 0.25) is 0 Å². The number of thiophene rings is 1. The Morgan fingerprint density at radius 1 is 1.31 bits per heavy atom. The van der Waals surface area contributed by atoms with Gasteiger partial charge in [-0.3, -0.25) is 4.79 Å². The summed E-state index contributed by atoms with van der Waals surface area (Å²) in [4.78, 5) is 24.8. The number of alkyl halides is 5. The Hall–Kier alpha value is -2.50. The summed E-state index contributed by atoms with van der Waals surface area (Å²) in [6, 6.07) is 1.15. The van der Waals surface area contributed by atoms with E-state index in [0.717, 1.165) is 6.07 Å². The van der Waals surface area contributed by atoms with Crippen LogP contribution in [0.2, 0.25) is 0 Å². The van der Waals surface area contributed by atoms with Gasteiger partial charge in [0.15, 0.2) is 5.82 Å². The smallest absolute Gasteiger partial charge is 0.419 e. The predicted molar refractivity (Wildman–Crippen MR) is 89.5 cm³/mol. The molecule has 1 aromatic heterocycles. The third kappa shape index (κ3) is 3.18. The first-order valence-corrected chi connectivity index (χ1v) is 9.18. The molecule has 3 heterocycles. The Balaban J connectivity index is 1.75. The predicted octanol–water partition coefficient (Wildman–Crippen LogP) is 4.32. The molecule has 0 aliphatic carbocycles. The molecule has 1 atom stereocenters. The highest BCUT2D eigenvalue weighted by molar-refractivity contribution is 7.21. The van der Waals surface area contributed by atoms with Crippen LogP contribution in [0.3, 0.4) is 0 Å². The van der Waals surface area contributed by atoms with E-state index >= 15 is 0 Å². The number of halogens is 6. The van der Waals surface area contributed by atoms with E-state index in [1.54, 1.807) is 0 Å². The largest absolute Gasteiger partial charge is 0.447 e. The quantitative estimate of drug-likeness (QED) is 0.711. The summed E-state index contributed by atoms with van der Waals surface area (Å²) in [5, 5.41) is 2.15. The van der Waals surface area contributed by atoms with Crippen molar-refractivity contribution in [3.8, 4) is 0 Å². The number of carbonyl (C=O) groups excluding carboxylic acids is 2. The lowest BCUT2D eigenvalue weighted by molar-refractivity contribution is -0.139. The van der Waals surface area contributed by atoms with E-state index in [2.05, 4.69) is 5.32 Å². The first kappa shape index (κ1) is 19.8. The summed E-state index contributed by atoms with van der Waals surface area (Å²) < 4.78 is 84.7. The number of nitrogens with one attached hydrogen (secondary N) is 1. The van der Waals surface area contributed by atoms with Gasteiger partial charge in [0.1, 0.15) is 11.5 Å². The number of hydrogen-bond donors (Lipinski definition) is 1. The van der Waals surface area contributed by atoms with Crippen LogP contribution in [0.4, 0.5) is 31.1 Å². The second-order valence-corrected chi connectivity index (χ2v) is 7.93. The molecule has 1 spiro atoms.